The second kappa shape index (κ2) is 8.32. The Balaban J connectivity index is 1.88. The lowest BCUT2D eigenvalue weighted by molar-refractivity contribution is 0.288. The Bertz CT molecular complexity index is 526. The Morgan fingerprint density at radius 2 is 2.14 bits per heavy atom. The summed E-state index contributed by atoms with van der Waals surface area (Å²) in [7, 11) is 1.66. The van der Waals surface area contributed by atoms with E-state index >= 15 is 0 Å². The Labute approximate surface area is 125 Å². The van der Waals surface area contributed by atoms with Crippen molar-refractivity contribution in [2.75, 3.05) is 13.7 Å². The van der Waals surface area contributed by atoms with Crippen LogP contribution in [0.3, 0.4) is 0 Å². The van der Waals surface area contributed by atoms with Crippen LogP contribution in [0.15, 0.2) is 35.3 Å². The standard InChI is InChI=1S/C16H22N2O3/c1-3-4-7-21-15-6-5-13(8-16(15)19-2)9-17-10-14-11-20-12-18-14/h5-6,8,11-12,17H,3-4,7,9-10H2,1-2H3. The van der Waals surface area contributed by atoms with E-state index in [1.165, 1.54) is 6.39 Å². The molecule has 0 amide bonds. The molecule has 0 bridgehead atoms. The third kappa shape index (κ3) is 4.79. The predicted octanol–water partition coefficient (Wildman–Crippen LogP) is 3.15. The van der Waals surface area contributed by atoms with Gasteiger partial charge >= 0.3 is 0 Å². The summed E-state index contributed by atoms with van der Waals surface area (Å²) in [6, 6.07) is 6.00. The zero-order valence-corrected chi connectivity index (χ0v) is 12.6. The van der Waals surface area contributed by atoms with Crippen molar-refractivity contribution in [3.63, 3.8) is 0 Å². The number of methoxy groups -OCH3 is 1. The summed E-state index contributed by atoms with van der Waals surface area (Å²) < 4.78 is 16.0. The van der Waals surface area contributed by atoms with Crippen LogP contribution in [0.1, 0.15) is 31.0 Å². The molecule has 1 aromatic carbocycles. The van der Waals surface area contributed by atoms with Gasteiger partial charge in [-0.25, -0.2) is 4.98 Å². The fourth-order valence-electron chi connectivity index (χ4n) is 1.93. The van der Waals surface area contributed by atoms with E-state index in [-0.39, 0.29) is 0 Å². The normalized spacial score (nSPS) is 10.6. The van der Waals surface area contributed by atoms with Crippen LogP contribution < -0.4 is 14.8 Å². The fourth-order valence-corrected chi connectivity index (χ4v) is 1.93. The van der Waals surface area contributed by atoms with Gasteiger partial charge in [0.15, 0.2) is 17.9 Å². The van der Waals surface area contributed by atoms with Crippen molar-refractivity contribution < 1.29 is 13.9 Å². The SMILES string of the molecule is CCCCOc1ccc(CNCc2cocn2)cc1OC. The lowest BCUT2D eigenvalue weighted by atomic mass is 10.2. The summed E-state index contributed by atoms with van der Waals surface area (Å²) in [6.07, 6.45) is 5.23. The minimum atomic E-state index is 0.674. The van der Waals surface area contributed by atoms with Crippen molar-refractivity contribution in [2.24, 2.45) is 0 Å². The van der Waals surface area contributed by atoms with Crippen LogP contribution in [0.25, 0.3) is 0 Å². The van der Waals surface area contributed by atoms with Crippen molar-refractivity contribution in [1.29, 1.82) is 0 Å². The van der Waals surface area contributed by atoms with E-state index in [0.717, 1.165) is 48.7 Å². The Kier molecular flexibility index (Phi) is 6.09. The molecule has 0 aliphatic heterocycles. The van der Waals surface area contributed by atoms with E-state index in [1.807, 2.05) is 18.2 Å². The van der Waals surface area contributed by atoms with Gasteiger partial charge in [-0.1, -0.05) is 19.4 Å². The van der Waals surface area contributed by atoms with Crippen LogP contribution >= 0.6 is 0 Å². The first-order chi connectivity index (χ1) is 10.3. The lowest BCUT2D eigenvalue weighted by Gasteiger charge is -2.12. The average molecular weight is 290 g/mol. The molecule has 2 aromatic rings. The van der Waals surface area contributed by atoms with Gasteiger partial charge in [-0.3, -0.25) is 0 Å². The Morgan fingerprint density at radius 3 is 2.86 bits per heavy atom. The first-order valence-corrected chi connectivity index (χ1v) is 7.21. The summed E-state index contributed by atoms with van der Waals surface area (Å²) in [6.45, 7) is 4.27. The zero-order chi connectivity index (χ0) is 14.9. The van der Waals surface area contributed by atoms with Gasteiger partial charge in [0.05, 0.1) is 19.4 Å². The van der Waals surface area contributed by atoms with Gasteiger partial charge in [0.1, 0.15) is 6.26 Å². The molecule has 0 aliphatic rings. The molecule has 0 atom stereocenters. The quantitative estimate of drug-likeness (QED) is 0.719. The van der Waals surface area contributed by atoms with Crippen molar-refractivity contribution in [3.05, 3.63) is 42.1 Å². The van der Waals surface area contributed by atoms with Crippen LogP contribution in [-0.2, 0) is 13.1 Å². The van der Waals surface area contributed by atoms with E-state index < -0.39 is 0 Å². The summed E-state index contributed by atoms with van der Waals surface area (Å²) in [5.74, 6) is 1.57. The molecule has 21 heavy (non-hydrogen) atoms. The number of hydrogen-bond acceptors (Lipinski definition) is 5. The Hall–Kier alpha value is -2.01. The third-order valence-electron chi connectivity index (χ3n) is 3.10. The van der Waals surface area contributed by atoms with Gasteiger partial charge in [-0.2, -0.15) is 0 Å². The molecule has 0 aliphatic carbocycles. The van der Waals surface area contributed by atoms with Crippen molar-refractivity contribution in [1.82, 2.24) is 10.3 Å². The molecule has 0 saturated carbocycles. The third-order valence-corrected chi connectivity index (χ3v) is 3.10. The summed E-state index contributed by atoms with van der Waals surface area (Å²) in [4.78, 5) is 4.06. The smallest absolute Gasteiger partial charge is 0.180 e. The van der Waals surface area contributed by atoms with Crippen LogP contribution in [0.4, 0.5) is 0 Å². The van der Waals surface area contributed by atoms with Gasteiger partial charge < -0.3 is 19.2 Å². The fraction of sp³-hybridized carbons (Fsp3) is 0.438. The second-order valence-corrected chi connectivity index (χ2v) is 4.77. The molecular formula is C16H22N2O3. The van der Waals surface area contributed by atoms with Crippen molar-refractivity contribution in [3.8, 4) is 11.5 Å². The maximum absolute atomic E-state index is 5.72. The molecule has 5 heteroatoms. The number of aromatic nitrogens is 1. The molecular weight excluding hydrogens is 268 g/mol. The van der Waals surface area contributed by atoms with E-state index in [9.17, 15) is 0 Å². The number of nitrogens with one attached hydrogen (secondary N) is 1. The molecule has 114 valence electrons. The molecule has 0 radical (unpaired) electrons. The maximum Gasteiger partial charge on any atom is 0.180 e. The maximum atomic E-state index is 5.72. The molecule has 5 nitrogen and oxygen atoms in total. The van der Waals surface area contributed by atoms with Gasteiger partial charge in [0.25, 0.3) is 0 Å². The second-order valence-electron chi connectivity index (χ2n) is 4.77. The number of oxazole rings is 1. The van der Waals surface area contributed by atoms with Crippen molar-refractivity contribution in [2.45, 2.75) is 32.9 Å². The van der Waals surface area contributed by atoms with Gasteiger partial charge in [-0.05, 0) is 24.1 Å². The summed E-state index contributed by atoms with van der Waals surface area (Å²) in [5, 5.41) is 3.31. The van der Waals surface area contributed by atoms with Crippen LogP contribution in [-0.4, -0.2) is 18.7 Å². The van der Waals surface area contributed by atoms with Gasteiger partial charge in [-0.15, -0.1) is 0 Å². The molecule has 1 N–H and O–H groups in total. The minimum Gasteiger partial charge on any atom is -0.493 e. The highest BCUT2D eigenvalue weighted by molar-refractivity contribution is 5.42. The molecule has 1 heterocycles. The van der Waals surface area contributed by atoms with E-state index in [4.69, 9.17) is 13.9 Å². The first-order valence-electron chi connectivity index (χ1n) is 7.21. The minimum absolute atomic E-state index is 0.674. The molecule has 2 rings (SSSR count). The highest BCUT2D eigenvalue weighted by Gasteiger charge is 2.06. The number of hydrogen-bond donors (Lipinski definition) is 1. The molecule has 1 aromatic heterocycles. The summed E-state index contributed by atoms with van der Waals surface area (Å²) >= 11 is 0. The topological polar surface area (TPSA) is 56.5 Å². The number of benzene rings is 1. The highest BCUT2D eigenvalue weighted by Crippen LogP contribution is 2.28. The predicted molar refractivity (Wildman–Crippen MR) is 80.4 cm³/mol. The monoisotopic (exact) mass is 290 g/mol. The molecule has 0 unspecified atom stereocenters. The van der Waals surface area contributed by atoms with Crippen LogP contribution in [0.5, 0.6) is 11.5 Å². The largest absolute Gasteiger partial charge is 0.493 e. The number of unbranched alkanes of at least 4 members (excludes halogenated alkanes) is 1. The molecule has 0 saturated heterocycles. The molecule has 0 fully saturated rings. The van der Waals surface area contributed by atoms with Gasteiger partial charge in [0, 0.05) is 13.1 Å². The first kappa shape index (κ1) is 15.4. The van der Waals surface area contributed by atoms with E-state index in [2.05, 4.69) is 17.2 Å². The summed E-state index contributed by atoms with van der Waals surface area (Å²) in [5.41, 5.74) is 2.03. The van der Waals surface area contributed by atoms with E-state index in [0.29, 0.717) is 6.54 Å². The van der Waals surface area contributed by atoms with Gasteiger partial charge in [0.2, 0.25) is 0 Å². The Morgan fingerprint density at radius 1 is 1.24 bits per heavy atom. The number of nitrogens with zero attached hydrogens (tertiary/aromatic N) is 1. The molecule has 0 spiro atoms. The lowest BCUT2D eigenvalue weighted by Crippen LogP contribution is -2.13. The average Bonchev–Trinajstić information content (AvgIpc) is 3.02. The number of ether oxygens (including phenoxy) is 2. The highest BCUT2D eigenvalue weighted by atomic mass is 16.5. The van der Waals surface area contributed by atoms with E-state index in [1.54, 1.807) is 13.4 Å². The van der Waals surface area contributed by atoms with Crippen molar-refractivity contribution >= 4 is 0 Å². The zero-order valence-electron chi connectivity index (χ0n) is 12.6. The van der Waals surface area contributed by atoms with Crippen LogP contribution in [0.2, 0.25) is 0 Å². The number of rotatable bonds is 9. The van der Waals surface area contributed by atoms with Crippen LogP contribution in [0, 0.1) is 0 Å².